The molecule has 0 saturated carbocycles. The van der Waals surface area contributed by atoms with Crippen LogP contribution < -0.4 is 5.73 Å². The van der Waals surface area contributed by atoms with Crippen molar-refractivity contribution in [3.63, 3.8) is 0 Å². The largest absolute Gasteiger partial charge is 0.409 e. The topological polar surface area (TPSA) is 58.6 Å². The molecule has 0 fully saturated rings. The fraction of sp³-hybridized carbons (Fsp3) is 0.0714. The van der Waals surface area contributed by atoms with Crippen molar-refractivity contribution in [2.24, 2.45) is 10.9 Å². The molecule has 0 atom stereocenters. The Labute approximate surface area is 121 Å². The van der Waals surface area contributed by atoms with E-state index >= 15 is 0 Å². The van der Waals surface area contributed by atoms with Crippen molar-refractivity contribution in [3.8, 4) is 0 Å². The molecule has 19 heavy (non-hydrogen) atoms. The van der Waals surface area contributed by atoms with Crippen molar-refractivity contribution < 1.29 is 5.21 Å². The van der Waals surface area contributed by atoms with Crippen LogP contribution in [0.1, 0.15) is 11.1 Å². The van der Waals surface area contributed by atoms with Crippen molar-refractivity contribution in [2.45, 2.75) is 16.7 Å². The fourth-order valence-corrected chi connectivity index (χ4v) is 3.03. The lowest BCUT2D eigenvalue weighted by molar-refractivity contribution is 0.318. The molecule has 98 valence electrons. The molecule has 0 unspecified atom stereocenters. The van der Waals surface area contributed by atoms with E-state index in [0.717, 1.165) is 15.4 Å². The Morgan fingerprint density at radius 1 is 1.26 bits per heavy atom. The molecule has 0 spiro atoms. The van der Waals surface area contributed by atoms with Crippen molar-refractivity contribution in [3.05, 3.63) is 58.6 Å². The number of nitrogens with zero attached hydrogens (tertiary/aromatic N) is 1. The molecular formula is C14H13ClN2OS. The van der Waals surface area contributed by atoms with E-state index in [0.29, 0.717) is 10.6 Å². The number of hydrogen-bond donors (Lipinski definition) is 2. The smallest absolute Gasteiger partial charge is 0.171 e. The summed E-state index contributed by atoms with van der Waals surface area (Å²) in [6.07, 6.45) is 0. The first kappa shape index (κ1) is 13.8. The highest BCUT2D eigenvalue weighted by Gasteiger charge is 2.11. The van der Waals surface area contributed by atoms with Crippen molar-refractivity contribution in [1.29, 1.82) is 0 Å². The van der Waals surface area contributed by atoms with Gasteiger partial charge in [-0.25, -0.2) is 0 Å². The Hall–Kier alpha value is -1.65. The van der Waals surface area contributed by atoms with Gasteiger partial charge in [-0.1, -0.05) is 46.7 Å². The fourth-order valence-electron chi connectivity index (χ4n) is 1.69. The van der Waals surface area contributed by atoms with Gasteiger partial charge in [0.05, 0.1) is 0 Å². The third kappa shape index (κ3) is 3.22. The van der Waals surface area contributed by atoms with E-state index in [2.05, 4.69) is 5.16 Å². The minimum absolute atomic E-state index is 0.105. The van der Waals surface area contributed by atoms with Crippen LogP contribution in [-0.4, -0.2) is 11.0 Å². The zero-order valence-electron chi connectivity index (χ0n) is 10.3. The molecule has 3 N–H and O–H groups in total. The molecule has 0 radical (unpaired) electrons. The van der Waals surface area contributed by atoms with Gasteiger partial charge in [-0.05, 0) is 36.8 Å². The molecule has 0 aromatic heterocycles. The van der Waals surface area contributed by atoms with Crippen LogP contribution in [0.25, 0.3) is 0 Å². The zero-order valence-corrected chi connectivity index (χ0v) is 11.9. The zero-order chi connectivity index (χ0) is 13.8. The van der Waals surface area contributed by atoms with Gasteiger partial charge in [0.15, 0.2) is 5.84 Å². The lowest BCUT2D eigenvalue weighted by atomic mass is 10.1. The summed E-state index contributed by atoms with van der Waals surface area (Å²) < 4.78 is 0. The van der Waals surface area contributed by atoms with Crippen molar-refractivity contribution >= 4 is 29.2 Å². The van der Waals surface area contributed by atoms with Crippen molar-refractivity contribution in [2.75, 3.05) is 0 Å². The molecule has 2 rings (SSSR count). The standard InChI is InChI=1S/C14H13ClN2OS/c1-9-4-2-7-12(14(16)17-18)13(9)19-11-6-3-5-10(15)8-11/h2-8,18H,1H3,(H2,16,17). The summed E-state index contributed by atoms with van der Waals surface area (Å²) in [6, 6.07) is 13.3. The van der Waals surface area contributed by atoms with E-state index < -0.39 is 0 Å². The molecule has 3 nitrogen and oxygen atoms in total. The molecule has 0 aliphatic carbocycles. The van der Waals surface area contributed by atoms with E-state index in [1.54, 1.807) is 11.8 Å². The van der Waals surface area contributed by atoms with Crippen LogP contribution >= 0.6 is 23.4 Å². The number of rotatable bonds is 3. The Bertz CT molecular complexity index is 629. The third-order valence-electron chi connectivity index (χ3n) is 2.61. The predicted molar refractivity (Wildman–Crippen MR) is 79.3 cm³/mol. The summed E-state index contributed by atoms with van der Waals surface area (Å²) in [4.78, 5) is 1.97. The van der Waals surface area contributed by atoms with Gasteiger partial charge in [0, 0.05) is 20.4 Å². The van der Waals surface area contributed by atoms with Crippen LogP contribution in [0.3, 0.4) is 0 Å². The van der Waals surface area contributed by atoms with Crippen LogP contribution in [0.4, 0.5) is 0 Å². The molecule has 0 bridgehead atoms. The summed E-state index contributed by atoms with van der Waals surface area (Å²) in [5.74, 6) is 0.105. The number of benzene rings is 2. The summed E-state index contributed by atoms with van der Waals surface area (Å²) >= 11 is 7.52. The van der Waals surface area contributed by atoms with Crippen LogP contribution in [0.15, 0.2) is 57.4 Å². The number of oxime groups is 1. The van der Waals surface area contributed by atoms with E-state index in [-0.39, 0.29) is 5.84 Å². The van der Waals surface area contributed by atoms with Crippen LogP contribution in [0.2, 0.25) is 5.02 Å². The summed E-state index contributed by atoms with van der Waals surface area (Å²) in [5, 5.41) is 12.6. The molecule has 2 aromatic rings. The molecular weight excluding hydrogens is 280 g/mol. The van der Waals surface area contributed by atoms with E-state index in [1.165, 1.54) is 0 Å². The molecule has 0 saturated heterocycles. The molecule has 2 aromatic carbocycles. The van der Waals surface area contributed by atoms with Gasteiger partial charge in [-0.15, -0.1) is 0 Å². The van der Waals surface area contributed by atoms with Gasteiger partial charge < -0.3 is 10.9 Å². The average molecular weight is 293 g/mol. The lowest BCUT2D eigenvalue weighted by Gasteiger charge is -2.11. The predicted octanol–water partition coefficient (Wildman–Crippen LogP) is 3.89. The second-order valence-corrected chi connectivity index (χ2v) is 5.52. The summed E-state index contributed by atoms with van der Waals surface area (Å²) in [7, 11) is 0. The number of aryl methyl sites for hydroxylation is 1. The number of amidine groups is 1. The molecule has 0 heterocycles. The van der Waals surface area contributed by atoms with Crippen molar-refractivity contribution in [1.82, 2.24) is 0 Å². The Balaban J connectivity index is 2.44. The summed E-state index contributed by atoms with van der Waals surface area (Å²) in [6.45, 7) is 1.99. The molecule has 0 aliphatic rings. The van der Waals surface area contributed by atoms with Crippen LogP contribution in [-0.2, 0) is 0 Å². The van der Waals surface area contributed by atoms with E-state index in [4.69, 9.17) is 22.5 Å². The Morgan fingerprint density at radius 2 is 2.00 bits per heavy atom. The monoisotopic (exact) mass is 292 g/mol. The average Bonchev–Trinajstić information content (AvgIpc) is 2.40. The van der Waals surface area contributed by atoms with Gasteiger partial charge in [-0.2, -0.15) is 0 Å². The van der Waals surface area contributed by atoms with Gasteiger partial charge in [0.2, 0.25) is 0 Å². The SMILES string of the molecule is Cc1cccc(/C(N)=N/O)c1Sc1cccc(Cl)c1. The van der Waals surface area contributed by atoms with E-state index in [9.17, 15) is 0 Å². The van der Waals surface area contributed by atoms with Crippen LogP contribution in [0, 0.1) is 6.92 Å². The minimum atomic E-state index is 0.105. The maximum absolute atomic E-state index is 8.85. The second kappa shape index (κ2) is 5.99. The lowest BCUT2D eigenvalue weighted by Crippen LogP contribution is -2.14. The number of halogens is 1. The highest BCUT2D eigenvalue weighted by molar-refractivity contribution is 7.99. The first-order chi connectivity index (χ1) is 9.11. The quantitative estimate of drug-likeness (QED) is 0.390. The molecule has 0 aliphatic heterocycles. The summed E-state index contributed by atoms with van der Waals surface area (Å²) in [5.41, 5.74) is 7.49. The Morgan fingerprint density at radius 3 is 2.68 bits per heavy atom. The van der Waals surface area contributed by atoms with Gasteiger partial charge in [0.1, 0.15) is 0 Å². The Kier molecular flexibility index (Phi) is 4.35. The first-order valence-corrected chi connectivity index (χ1v) is 6.82. The highest BCUT2D eigenvalue weighted by atomic mass is 35.5. The maximum atomic E-state index is 8.85. The molecule has 5 heteroatoms. The third-order valence-corrected chi connectivity index (χ3v) is 4.08. The highest BCUT2D eigenvalue weighted by Crippen LogP contribution is 2.34. The number of nitrogens with two attached hydrogens (primary N) is 1. The molecule has 0 amide bonds. The van der Waals surface area contributed by atoms with Gasteiger partial charge >= 0.3 is 0 Å². The first-order valence-electron chi connectivity index (χ1n) is 5.62. The second-order valence-electron chi connectivity index (χ2n) is 4.00. The number of hydrogen-bond acceptors (Lipinski definition) is 3. The minimum Gasteiger partial charge on any atom is -0.409 e. The van der Waals surface area contributed by atoms with Crippen LogP contribution in [0.5, 0.6) is 0 Å². The maximum Gasteiger partial charge on any atom is 0.171 e. The van der Waals surface area contributed by atoms with Gasteiger partial charge in [-0.3, -0.25) is 0 Å². The van der Waals surface area contributed by atoms with E-state index in [1.807, 2.05) is 49.4 Å². The van der Waals surface area contributed by atoms with Gasteiger partial charge in [0.25, 0.3) is 0 Å². The normalized spacial score (nSPS) is 11.6.